The van der Waals surface area contributed by atoms with Crippen molar-refractivity contribution in [2.45, 2.75) is 12.8 Å². The minimum Gasteiger partial charge on any atom is -0.354 e. The molecule has 0 atom stereocenters. The number of fused-ring (bicyclic) bond motifs is 1. The number of rotatable bonds is 5. The lowest BCUT2D eigenvalue weighted by Gasteiger charge is -2.04. The maximum atomic E-state index is 13.9. The van der Waals surface area contributed by atoms with Gasteiger partial charge in [-0.1, -0.05) is 5.16 Å². The van der Waals surface area contributed by atoms with Crippen LogP contribution in [0.15, 0.2) is 53.3 Å². The van der Waals surface area contributed by atoms with Gasteiger partial charge < -0.3 is 9.51 Å². The van der Waals surface area contributed by atoms with Crippen molar-refractivity contribution in [2.24, 2.45) is 0 Å². The molecule has 0 spiro atoms. The Morgan fingerprint density at radius 2 is 1.79 bits per heavy atom. The van der Waals surface area contributed by atoms with Crippen molar-refractivity contribution in [3.05, 3.63) is 71.9 Å². The van der Waals surface area contributed by atoms with E-state index < -0.39 is 0 Å². The van der Waals surface area contributed by atoms with Gasteiger partial charge in [0.25, 0.3) is 0 Å². The molecule has 0 bridgehead atoms. The Kier molecular flexibility index (Phi) is 4.12. The largest absolute Gasteiger partial charge is 0.354 e. The van der Waals surface area contributed by atoms with Gasteiger partial charge in [0, 0.05) is 23.0 Å². The molecular weight excluding hydrogens is 378 g/mol. The lowest BCUT2D eigenvalue weighted by molar-refractivity contribution is 0.379. The van der Waals surface area contributed by atoms with E-state index in [9.17, 15) is 8.78 Å². The Labute approximate surface area is 162 Å². The number of aromatic nitrogens is 6. The fourth-order valence-electron chi connectivity index (χ4n) is 3.34. The van der Waals surface area contributed by atoms with Crippen LogP contribution in [0, 0.1) is 11.6 Å². The van der Waals surface area contributed by atoms with Crippen molar-refractivity contribution in [2.75, 3.05) is 0 Å². The van der Waals surface area contributed by atoms with E-state index in [1.165, 1.54) is 30.6 Å². The average molecular weight is 392 g/mol. The van der Waals surface area contributed by atoms with Gasteiger partial charge in [0.2, 0.25) is 11.7 Å². The third-order valence-corrected chi connectivity index (χ3v) is 4.68. The Morgan fingerprint density at radius 1 is 0.966 bits per heavy atom. The molecule has 144 valence electrons. The first-order chi connectivity index (χ1) is 14.2. The maximum absolute atomic E-state index is 13.9. The second-order valence-corrected chi connectivity index (χ2v) is 6.52. The fraction of sp³-hybridized carbons (Fsp3) is 0.100. The summed E-state index contributed by atoms with van der Waals surface area (Å²) in [6.07, 6.45) is 2.33. The lowest BCUT2D eigenvalue weighted by atomic mass is 10.0. The quantitative estimate of drug-likeness (QED) is 0.470. The molecule has 5 rings (SSSR count). The molecule has 0 saturated heterocycles. The molecular formula is C20H14F2N6O. The highest BCUT2D eigenvalue weighted by molar-refractivity contribution is 5.90. The molecule has 5 aromatic rings. The van der Waals surface area contributed by atoms with Crippen LogP contribution in [0.5, 0.6) is 0 Å². The summed E-state index contributed by atoms with van der Waals surface area (Å²) >= 11 is 0. The van der Waals surface area contributed by atoms with Gasteiger partial charge in [0.15, 0.2) is 5.82 Å². The van der Waals surface area contributed by atoms with Crippen molar-refractivity contribution >= 4 is 10.9 Å². The van der Waals surface area contributed by atoms with Crippen LogP contribution in [-0.4, -0.2) is 30.3 Å². The predicted molar refractivity (Wildman–Crippen MR) is 101 cm³/mol. The Bertz CT molecular complexity index is 1270. The van der Waals surface area contributed by atoms with Gasteiger partial charge in [-0.05, 0) is 60.0 Å². The van der Waals surface area contributed by atoms with Gasteiger partial charge in [0.1, 0.15) is 18.0 Å². The van der Waals surface area contributed by atoms with E-state index >= 15 is 0 Å². The Morgan fingerprint density at radius 3 is 2.59 bits per heavy atom. The fourth-order valence-corrected chi connectivity index (χ4v) is 3.34. The average Bonchev–Trinajstić information content (AvgIpc) is 3.46. The predicted octanol–water partition coefficient (Wildman–Crippen LogP) is 4.07. The van der Waals surface area contributed by atoms with Crippen LogP contribution in [0.1, 0.15) is 11.5 Å². The third-order valence-electron chi connectivity index (χ3n) is 4.68. The molecule has 2 N–H and O–H groups in total. The van der Waals surface area contributed by atoms with E-state index in [1.807, 2.05) is 0 Å². The van der Waals surface area contributed by atoms with Crippen molar-refractivity contribution in [1.29, 1.82) is 0 Å². The number of nitrogens with one attached hydrogen (secondary N) is 2. The molecule has 0 radical (unpaired) electrons. The van der Waals surface area contributed by atoms with E-state index in [4.69, 9.17) is 4.52 Å². The molecule has 0 aliphatic heterocycles. The van der Waals surface area contributed by atoms with Gasteiger partial charge >= 0.3 is 0 Å². The summed E-state index contributed by atoms with van der Waals surface area (Å²) in [5.41, 5.74) is 3.31. The Hall–Kier alpha value is -3.88. The van der Waals surface area contributed by atoms with Crippen LogP contribution >= 0.6 is 0 Å². The second kappa shape index (κ2) is 6.93. The lowest BCUT2D eigenvalue weighted by Crippen LogP contribution is -1.94. The summed E-state index contributed by atoms with van der Waals surface area (Å²) in [4.78, 5) is 11.6. The number of halogens is 2. The molecule has 0 unspecified atom stereocenters. The highest BCUT2D eigenvalue weighted by Crippen LogP contribution is 2.32. The smallest absolute Gasteiger partial charge is 0.239 e. The number of benzene rings is 2. The zero-order chi connectivity index (χ0) is 19.8. The highest BCUT2D eigenvalue weighted by atomic mass is 19.1. The third kappa shape index (κ3) is 3.27. The molecule has 3 aromatic heterocycles. The van der Waals surface area contributed by atoms with E-state index in [0.29, 0.717) is 30.4 Å². The normalized spacial score (nSPS) is 11.4. The van der Waals surface area contributed by atoms with Crippen molar-refractivity contribution in [3.63, 3.8) is 0 Å². The second-order valence-electron chi connectivity index (χ2n) is 6.52. The van der Waals surface area contributed by atoms with Crippen molar-refractivity contribution in [3.8, 4) is 22.9 Å². The zero-order valence-corrected chi connectivity index (χ0v) is 15.0. The SMILES string of the molecule is Fc1ccc(-c2[nH]c3ccc(F)cc3c2CCc2nc(-c3ncn[nH]3)no2)cc1. The van der Waals surface area contributed by atoms with Crippen LogP contribution in [0.2, 0.25) is 0 Å². The first kappa shape index (κ1) is 17.2. The number of hydrogen-bond acceptors (Lipinski definition) is 5. The maximum Gasteiger partial charge on any atom is 0.239 e. The van der Waals surface area contributed by atoms with Gasteiger partial charge in [-0.3, -0.25) is 5.10 Å². The van der Waals surface area contributed by atoms with Crippen LogP contribution in [0.25, 0.3) is 33.8 Å². The van der Waals surface area contributed by atoms with Crippen LogP contribution < -0.4 is 0 Å². The topological polar surface area (TPSA) is 96.3 Å². The van der Waals surface area contributed by atoms with E-state index in [0.717, 1.165) is 27.7 Å². The minimum atomic E-state index is -0.325. The summed E-state index contributed by atoms with van der Waals surface area (Å²) < 4.78 is 32.5. The molecule has 7 nitrogen and oxygen atoms in total. The van der Waals surface area contributed by atoms with Crippen LogP contribution in [0.3, 0.4) is 0 Å². The molecule has 3 heterocycles. The van der Waals surface area contributed by atoms with Gasteiger partial charge in [-0.15, -0.1) is 0 Å². The standard InChI is InChI=1S/C20H14F2N6O/c21-12-3-1-11(2-4-12)18-14(15-9-13(22)5-7-16(15)25-18)6-8-17-26-20(28-29-17)19-23-10-24-27-19/h1-5,7,9-10,25H,6,8H2,(H,23,24,27). The van der Waals surface area contributed by atoms with E-state index in [1.54, 1.807) is 18.2 Å². The van der Waals surface area contributed by atoms with Crippen LogP contribution in [-0.2, 0) is 12.8 Å². The summed E-state index contributed by atoms with van der Waals surface area (Å²) in [6.45, 7) is 0. The highest BCUT2D eigenvalue weighted by Gasteiger charge is 2.17. The monoisotopic (exact) mass is 392 g/mol. The van der Waals surface area contributed by atoms with Gasteiger partial charge in [-0.25, -0.2) is 13.8 Å². The first-order valence-electron chi connectivity index (χ1n) is 8.92. The first-order valence-corrected chi connectivity index (χ1v) is 8.92. The van der Waals surface area contributed by atoms with Crippen LogP contribution in [0.4, 0.5) is 8.78 Å². The number of H-pyrrole nitrogens is 2. The number of hydrogen-bond donors (Lipinski definition) is 2. The molecule has 0 fully saturated rings. The summed E-state index contributed by atoms with van der Waals surface area (Å²) in [5.74, 6) is 0.520. The zero-order valence-electron chi connectivity index (χ0n) is 15.0. The summed E-state index contributed by atoms with van der Waals surface area (Å²) in [6, 6.07) is 10.7. The molecule has 2 aromatic carbocycles. The Balaban J connectivity index is 1.50. The molecule has 9 heteroatoms. The summed E-state index contributed by atoms with van der Waals surface area (Å²) in [7, 11) is 0. The number of nitrogens with zero attached hydrogens (tertiary/aromatic N) is 4. The summed E-state index contributed by atoms with van der Waals surface area (Å²) in [5, 5.41) is 11.1. The minimum absolute atomic E-state index is 0.316. The molecule has 0 aliphatic carbocycles. The molecule has 29 heavy (non-hydrogen) atoms. The number of aromatic amines is 2. The van der Waals surface area contributed by atoms with Crippen molar-refractivity contribution in [1.82, 2.24) is 30.3 Å². The van der Waals surface area contributed by atoms with E-state index in [2.05, 4.69) is 30.3 Å². The van der Waals surface area contributed by atoms with E-state index in [-0.39, 0.29) is 11.6 Å². The molecule has 0 amide bonds. The molecule has 0 aliphatic rings. The molecule has 0 saturated carbocycles. The van der Waals surface area contributed by atoms with Gasteiger partial charge in [-0.2, -0.15) is 10.1 Å². The van der Waals surface area contributed by atoms with Crippen molar-refractivity contribution < 1.29 is 13.3 Å². The van der Waals surface area contributed by atoms with Gasteiger partial charge in [0.05, 0.1) is 0 Å². The number of aryl methyl sites for hydroxylation is 2.